The first-order valence-corrected chi connectivity index (χ1v) is 12.2. The zero-order valence-electron chi connectivity index (χ0n) is 17.0. The molecule has 5 aromatic rings. The highest BCUT2D eigenvalue weighted by Gasteiger charge is 2.13. The fourth-order valence-electron chi connectivity index (χ4n) is 3.33. The number of nitrogens with one attached hydrogen (secondary N) is 1. The Hall–Kier alpha value is -3.86. The van der Waals surface area contributed by atoms with Crippen LogP contribution in [-0.4, -0.2) is 24.6 Å². The van der Waals surface area contributed by atoms with Crippen LogP contribution in [0.15, 0.2) is 92.9 Å². The van der Waals surface area contributed by atoms with Crippen LogP contribution in [0.2, 0.25) is 0 Å². The monoisotopic (exact) mass is 475 g/mol. The number of hydrogen-bond donors (Lipinski definition) is 2. The van der Waals surface area contributed by atoms with E-state index in [1.807, 2.05) is 30.3 Å². The summed E-state index contributed by atoms with van der Waals surface area (Å²) in [6.45, 7) is 0. The van der Waals surface area contributed by atoms with Crippen molar-refractivity contribution in [2.24, 2.45) is 10.2 Å². The molecule has 8 nitrogen and oxygen atoms in total. The van der Waals surface area contributed by atoms with E-state index in [9.17, 15) is 8.42 Å². The van der Waals surface area contributed by atoms with Crippen molar-refractivity contribution in [1.82, 2.24) is 9.97 Å². The Balaban J connectivity index is 1.37. The van der Waals surface area contributed by atoms with Crippen LogP contribution in [0, 0.1) is 0 Å². The predicted octanol–water partition coefficient (Wildman–Crippen LogP) is 4.71. The van der Waals surface area contributed by atoms with E-state index >= 15 is 0 Å². The van der Waals surface area contributed by atoms with Gasteiger partial charge in [-0.1, -0.05) is 30.3 Å². The minimum Gasteiger partial charge on any atom is -0.455 e. The Morgan fingerprint density at radius 1 is 0.970 bits per heavy atom. The van der Waals surface area contributed by atoms with Crippen LogP contribution in [0.4, 0.5) is 5.82 Å². The van der Waals surface area contributed by atoms with Crippen LogP contribution in [0.25, 0.3) is 32.7 Å². The number of benzene rings is 2. The highest BCUT2D eigenvalue weighted by Crippen LogP contribution is 2.36. The summed E-state index contributed by atoms with van der Waals surface area (Å²) in [7, 11) is -3.74. The molecule has 3 N–H and O–H groups in total. The molecule has 0 aliphatic heterocycles. The number of rotatable bonds is 6. The fourth-order valence-corrected chi connectivity index (χ4v) is 4.76. The van der Waals surface area contributed by atoms with Crippen LogP contribution in [0.3, 0.4) is 0 Å². The van der Waals surface area contributed by atoms with Crippen molar-refractivity contribution in [1.29, 1.82) is 0 Å². The molecule has 3 aromatic heterocycles. The van der Waals surface area contributed by atoms with E-state index in [2.05, 4.69) is 25.9 Å². The van der Waals surface area contributed by atoms with Crippen LogP contribution in [0.5, 0.6) is 0 Å². The van der Waals surface area contributed by atoms with Gasteiger partial charge >= 0.3 is 0 Å². The number of thiophene rings is 1. The lowest BCUT2D eigenvalue weighted by Crippen LogP contribution is -2.11. The standard InChI is InChI=1S/C23H17N5O3S2/c24-33(29,30)18-9-6-16(7-10-18)20-11-8-17(31-20)12-27-28-22-21-19(15-4-2-1-3-5-15)13-32-23(21)26-14-25-22/h1-14H,(H2,24,29,30)(H,25,26,28)/b27-12-. The Kier molecular flexibility index (Phi) is 5.47. The van der Waals surface area contributed by atoms with Crippen molar-refractivity contribution in [2.75, 3.05) is 5.43 Å². The summed E-state index contributed by atoms with van der Waals surface area (Å²) < 4.78 is 28.6. The normalized spacial score (nSPS) is 11.9. The number of nitrogens with zero attached hydrogens (tertiary/aromatic N) is 3. The fraction of sp³-hybridized carbons (Fsp3) is 0. The number of fused-ring (bicyclic) bond motifs is 1. The molecule has 3 heterocycles. The molecule has 0 spiro atoms. The quantitative estimate of drug-likeness (QED) is 0.271. The number of anilines is 1. The molecule has 2 aromatic carbocycles. The molecule has 164 valence electrons. The maximum absolute atomic E-state index is 11.4. The number of aromatic nitrogens is 2. The number of hydrazone groups is 1. The highest BCUT2D eigenvalue weighted by atomic mass is 32.2. The first-order valence-electron chi connectivity index (χ1n) is 9.79. The second kappa shape index (κ2) is 8.58. The third kappa shape index (κ3) is 4.40. The van der Waals surface area contributed by atoms with Gasteiger partial charge in [0.15, 0.2) is 5.82 Å². The maximum atomic E-state index is 11.4. The van der Waals surface area contributed by atoms with E-state index in [0.717, 1.165) is 26.9 Å². The Labute approximate surface area is 193 Å². The van der Waals surface area contributed by atoms with Gasteiger partial charge in [0.1, 0.15) is 22.7 Å². The van der Waals surface area contributed by atoms with E-state index in [1.165, 1.54) is 18.5 Å². The summed E-state index contributed by atoms with van der Waals surface area (Å²) >= 11 is 1.55. The average molecular weight is 476 g/mol. The number of sulfonamides is 1. The minimum absolute atomic E-state index is 0.0447. The first-order chi connectivity index (χ1) is 16.0. The molecule has 0 fully saturated rings. The van der Waals surface area contributed by atoms with E-state index in [0.29, 0.717) is 17.3 Å². The Morgan fingerprint density at radius 2 is 1.76 bits per heavy atom. The molecule has 0 radical (unpaired) electrons. The number of hydrogen-bond acceptors (Lipinski definition) is 8. The third-order valence-electron chi connectivity index (χ3n) is 4.91. The molecular weight excluding hydrogens is 458 g/mol. The van der Waals surface area contributed by atoms with Gasteiger partial charge in [-0.05, 0) is 42.0 Å². The number of primary sulfonamides is 1. The van der Waals surface area contributed by atoms with Gasteiger partial charge in [0.05, 0.1) is 16.5 Å². The molecule has 33 heavy (non-hydrogen) atoms. The van der Waals surface area contributed by atoms with E-state index in [1.54, 1.807) is 41.8 Å². The molecule has 0 aliphatic carbocycles. The van der Waals surface area contributed by atoms with Gasteiger partial charge in [0.25, 0.3) is 0 Å². The molecule has 0 saturated carbocycles. The van der Waals surface area contributed by atoms with E-state index in [-0.39, 0.29) is 4.90 Å². The zero-order chi connectivity index (χ0) is 22.8. The molecule has 0 atom stereocenters. The van der Waals surface area contributed by atoms with E-state index in [4.69, 9.17) is 9.56 Å². The van der Waals surface area contributed by atoms with Crippen molar-refractivity contribution in [2.45, 2.75) is 4.90 Å². The molecule has 0 bridgehead atoms. The Morgan fingerprint density at radius 3 is 2.52 bits per heavy atom. The van der Waals surface area contributed by atoms with Crippen molar-refractivity contribution >= 4 is 43.6 Å². The highest BCUT2D eigenvalue weighted by molar-refractivity contribution is 7.89. The van der Waals surface area contributed by atoms with E-state index < -0.39 is 10.0 Å². The van der Waals surface area contributed by atoms with Gasteiger partial charge in [-0.3, -0.25) is 5.43 Å². The smallest absolute Gasteiger partial charge is 0.238 e. The minimum atomic E-state index is -3.74. The lowest BCUT2D eigenvalue weighted by molar-refractivity contribution is 0.575. The van der Waals surface area contributed by atoms with Gasteiger partial charge in [0.2, 0.25) is 10.0 Å². The Bertz CT molecular complexity index is 1560. The predicted molar refractivity (Wildman–Crippen MR) is 130 cm³/mol. The molecule has 0 aliphatic rings. The summed E-state index contributed by atoms with van der Waals surface area (Å²) in [6, 6.07) is 19.7. The van der Waals surface area contributed by atoms with Crippen LogP contribution >= 0.6 is 11.3 Å². The van der Waals surface area contributed by atoms with Crippen LogP contribution in [0.1, 0.15) is 5.76 Å². The second-order valence-electron chi connectivity index (χ2n) is 7.06. The molecule has 0 unspecified atom stereocenters. The van der Waals surface area contributed by atoms with Gasteiger partial charge in [-0.15, -0.1) is 11.3 Å². The topological polar surface area (TPSA) is 123 Å². The number of furan rings is 1. The maximum Gasteiger partial charge on any atom is 0.238 e. The lowest BCUT2D eigenvalue weighted by Gasteiger charge is -2.04. The summed E-state index contributed by atoms with van der Waals surface area (Å²) in [6.07, 6.45) is 3.05. The SMILES string of the molecule is NS(=O)(=O)c1ccc(-c2ccc(/C=N\Nc3ncnc4scc(-c5ccccc5)c34)o2)cc1. The van der Waals surface area contributed by atoms with Crippen molar-refractivity contribution in [3.05, 3.63) is 84.2 Å². The van der Waals surface area contributed by atoms with Gasteiger partial charge in [-0.25, -0.2) is 23.5 Å². The van der Waals surface area contributed by atoms with Crippen LogP contribution in [-0.2, 0) is 10.0 Å². The zero-order valence-corrected chi connectivity index (χ0v) is 18.7. The average Bonchev–Trinajstić information content (AvgIpc) is 3.47. The lowest BCUT2D eigenvalue weighted by atomic mass is 10.1. The van der Waals surface area contributed by atoms with Gasteiger partial charge < -0.3 is 4.42 Å². The number of nitrogens with two attached hydrogens (primary N) is 1. The van der Waals surface area contributed by atoms with Crippen molar-refractivity contribution in [3.8, 4) is 22.5 Å². The summed E-state index contributed by atoms with van der Waals surface area (Å²) in [5.41, 5.74) is 5.83. The summed E-state index contributed by atoms with van der Waals surface area (Å²) in [5.74, 6) is 1.69. The molecule has 10 heteroatoms. The largest absolute Gasteiger partial charge is 0.455 e. The summed E-state index contributed by atoms with van der Waals surface area (Å²) in [4.78, 5) is 9.63. The van der Waals surface area contributed by atoms with Crippen molar-refractivity contribution in [3.63, 3.8) is 0 Å². The first kappa shape index (κ1) is 21.0. The third-order valence-corrected chi connectivity index (χ3v) is 6.73. The second-order valence-corrected chi connectivity index (χ2v) is 9.48. The molecular formula is C23H17N5O3S2. The molecule has 0 amide bonds. The molecule has 5 rings (SSSR count). The van der Waals surface area contributed by atoms with Crippen molar-refractivity contribution < 1.29 is 12.8 Å². The van der Waals surface area contributed by atoms with Gasteiger partial charge in [-0.2, -0.15) is 5.10 Å². The summed E-state index contributed by atoms with van der Waals surface area (Å²) in [5, 5.41) is 12.4. The van der Waals surface area contributed by atoms with Crippen LogP contribution < -0.4 is 10.6 Å². The van der Waals surface area contributed by atoms with Gasteiger partial charge in [0, 0.05) is 16.5 Å². The molecule has 0 saturated heterocycles.